The molecule has 5 heteroatoms. The van der Waals surface area contributed by atoms with Gasteiger partial charge in [-0.2, -0.15) is 0 Å². The third kappa shape index (κ3) is 1.75. The molecule has 0 aliphatic rings. The van der Waals surface area contributed by atoms with Crippen LogP contribution < -0.4 is 0 Å². The summed E-state index contributed by atoms with van der Waals surface area (Å²) in [4.78, 5) is 9.68. The van der Waals surface area contributed by atoms with Gasteiger partial charge in [-0.3, -0.25) is 9.00 Å². The van der Waals surface area contributed by atoms with Crippen LogP contribution in [0.3, 0.4) is 0 Å². The van der Waals surface area contributed by atoms with Crippen molar-refractivity contribution in [2.75, 3.05) is 0 Å². The normalized spacial score (nSPS) is 12.5. The minimum atomic E-state index is -2.64. The predicted octanol–water partition coefficient (Wildman–Crippen LogP) is 0.876. The fraction of sp³-hybridized carbons (Fsp3) is 0. The molecule has 64 valence electrons. The monoisotopic (exact) mass is 187 g/mol. The van der Waals surface area contributed by atoms with Gasteiger partial charge in [0.1, 0.15) is 12.1 Å². The summed E-state index contributed by atoms with van der Waals surface area (Å²) in [6.07, 6.45) is 0.454. The molecule has 1 unspecified atom stereocenters. The van der Waals surface area contributed by atoms with Gasteiger partial charge in [0.05, 0.1) is 4.90 Å². The lowest BCUT2D eigenvalue weighted by atomic mass is 10.2. The number of halogens is 1. The van der Waals surface area contributed by atoms with E-state index in [1.807, 2.05) is 0 Å². The molecule has 0 fully saturated rings. The van der Waals surface area contributed by atoms with Gasteiger partial charge in [-0.05, 0) is 29.3 Å². The molecule has 0 aromatic heterocycles. The smallest absolute Gasteiger partial charge is 0.150 e. The van der Waals surface area contributed by atoms with Crippen LogP contribution in [0.15, 0.2) is 23.1 Å². The number of benzene rings is 1. The Morgan fingerprint density at radius 1 is 1.50 bits per heavy atom. The lowest BCUT2D eigenvalue weighted by Gasteiger charge is -2.05. The van der Waals surface area contributed by atoms with Gasteiger partial charge in [-0.1, -0.05) is 0 Å². The zero-order valence-electron chi connectivity index (χ0n) is 5.82. The number of hydrogen-bond donors (Lipinski definition) is 0. The lowest BCUT2D eigenvalue weighted by Crippen LogP contribution is -1.95. The lowest BCUT2D eigenvalue weighted by molar-refractivity contribution is 0.112. The summed E-state index contributed by atoms with van der Waals surface area (Å²) in [7, 11) is 0. The molecule has 3 nitrogen and oxygen atoms in total. The maximum Gasteiger partial charge on any atom is 0.150 e. The Morgan fingerprint density at radius 3 is 2.67 bits per heavy atom. The molecule has 0 saturated carbocycles. The standard InChI is InChI=1S/C7H5FO3S/c8-6-2-1-5(4-9)3-7(6)12(10)11/h1-4H,(H,10,11)/p-1. The van der Waals surface area contributed by atoms with Gasteiger partial charge < -0.3 is 4.55 Å². The Bertz CT molecular complexity index is 337. The van der Waals surface area contributed by atoms with Crippen molar-refractivity contribution in [2.24, 2.45) is 0 Å². The molecule has 0 bridgehead atoms. The molecule has 0 saturated heterocycles. The molecule has 1 atom stereocenters. The van der Waals surface area contributed by atoms with Gasteiger partial charge in [-0.25, -0.2) is 4.39 Å². The third-order valence-corrected chi connectivity index (χ3v) is 1.94. The van der Waals surface area contributed by atoms with Gasteiger partial charge in [0.25, 0.3) is 0 Å². The highest BCUT2D eigenvalue weighted by atomic mass is 32.2. The largest absolute Gasteiger partial charge is 0.768 e. The average molecular weight is 187 g/mol. The molecule has 1 aromatic rings. The zero-order valence-corrected chi connectivity index (χ0v) is 6.64. The Morgan fingerprint density at radius 2 is 2.17 bits per heavy atom. The first-order valence-corrected chi connectivity index (χ1v) is 4.06. The van der Waals surface area contributed by atoms with Gasteiger partial charge in [0.2, 0.25) is 0 Å². The van der Waals surface area contributed by atoms with Gasteiger partial charge in [0.15, 0.2) is 0 Å². The van der Waals surface area contributed by atoms with Crippen molar-refractivity contribution in [1.29, 1.82) is 0 Å². The number of hydrogen-bond acceptors (Lipinski definition) is 3. The highest BCUT2D eigenvalue weighted by Crippen LogP contribution is 2.12. The Kier molecular flexibility index (Phi) is 2.67. The summed E-state index contributed by atoms with van der Waals surface area (Å²) in [6.45, 7) is 0. The minimum Gasteiger partial charge on any atom is -0.768 e. The van der Waals surface area contributed by atoms with Crippen LogP contribution in [0.5, 0.6) is 0 Å². The number of carbonyl (C=O) groups excluding carboxylic acids is 1. The summed E-state index contributed by atoms with van der Waals surface area (Å²) < 4.78 is 33.3. The fourth-order valence-corrected chi connectivity index (χ4v) is 1.18. The van der Waals surface area contributed by atoms with E-state index in [4.69, 9.17) is 0 Å². The summed E-state index contributed by atoms with van der Waals surface area (Å²) in [5, 5.41) is 0. The van der Waals surface area contributed by atoms with E-state index in [0.29, 0.717) is 6.29 Å². The third-order valence-electron chi connectivity index (χ3n) is 1.27. The van der Waals surface area contributed by atoms with Crippen molar-refractivity contribution in [1.82, 2.24) is 0 Å². The topological polar surface area (TPSA) is 57.2 Å². The Hall–Kier alpha value is -1.07. The summed E-state index contributed by atoms with van der Waals surface area (Å²) in [5.41, 5.74) is 0.135. The molecule has 1 rings (SSSR count). The molecular weight excluding hydrogens is 183 g/mol. The van der Waals surface area contributed by atoms with Crippen LogP contribution in [-0.4, -0.2) is 15.0 Å². The number of rotatable bonds is 2. The maximum atomic E-state index is 12.6. The van der Waals surface area contributed by atoms with E-state index in [2.05, 4.69) is 0 Å². The maximum absolute atomic E-state index is 12.6. The molecule has 0 aliphatic heterocycles. The van der Waals surface area contributed by atoms with Crippen LogP contribution in [0.4, 0.5) is 4.39 Å². The van der Waals surface area contributed by atoms with Crippen molar-refractivity contribution in [3.8, 4) is 0 Å². The van der Waals surface area contributed by atoms with Gasteiger partial charge >= 0.3 is 0 Å². The average Bonchev–Trinajstić information content (AvgIpc) is 2.05. The van der Waals surface area contributed by atoms with Crippen LogP contribution in [0, 0.1) is 5.82 Å². The van der Waals surface area contributed by atoms with Crippen LogP contribution in [0.2, 0.25) is 0 Å². The van der Waals surface area contributed by atoms with Crippen LogP contribution in [0.25, 0.3) is 0 Å². The van der Waals surface area contributed by atoms with E-state index in [9.17, 15) is 17.9 Å². The first-order valence-electron chi connectivity index (χ1n) is 2.99. The quantitative estimate of drug-likeness (QED) is 0.510. The van der Waals surface area contributed by atoms with E-state index >= 15 is 0 Å². The molecule has 0 aliphatic carbocycles. The molecule has 12 heavy (non-hydrogen) atoms. The first kappa shape index (κ1) is 9.02. The molecule has 0 spiro atoms. The van der Waals surface area contributed by atoms with Crippen molar-refractivity contribution in [3.63, 3.8) is 0 Å². The van der Waals surface area contributed by atoms with E-state index in [-0.39, 0.29) is 5.56 Å². The summed E-state index contributed by atoms with van der Waals surface area (Å²) in [5.74, 6) is -0.853. The second-order valence-electron chi connectivity index (χ2n) is 2.04. The summed E-state index contributed by atoms with van der Waals surface area (Å²) in [6, 6.07) is 3.12. The van der Waals surface area contributed by atoms with E-state index < -0.39 is 21.8 Å². The molecule has 0 heterocycles. The molecular formula is C7H4FO3S-. The first-order chi connectivity index (χ1) is 5.65. The Balaban J connectivity index is 3.25. The molecule has 0 radical (unpaired) electrons. The fourth-order valence-electron chi connectivity index (χ4n) is 0.721. The van der Waals surface area contributed by atoms with Gasteiger partial charge in [-0.15, -0.1) is 0 Å². The molecule has 0 amide bonds. The second-order valence-corrected chi connectivity index (χ2v) is 2.95. The van der Waals surface area contributed by atoms with Gasteiger partial charge in [0, 0.05) is 5.56 Å². The molecule has 0 N–H and O–H groups in total. The highest BCUT2D eigenvalue weighted by molar-refractivity contribution is 7.79. The molecule has 1 aromatic carbocycles. The predicted molar refractivity (Wildman–Crippen MR) is 39.0 cm³/mol. The van der Waals surface area contributed by atoms with Crippen LogP contribution in [0.1, 0.15) is 10.4 Å². The van der Waals surface area contributed by atoms with Crippen LogP contribution >= 0.6 is 0 Å². The zero-order chi connectivity index (χ0) is 9.14. The van der Waals surface area contributed by atoms with Crippen LogP contribution in [-0.2, 0) is 11.1 Å². The minimum absolute atomic E-state index is 0.135. The summed E-state index contributed by atoms with van der Waals surface area (Å²) >= 11 is -2.64. The van der Waals surface area contributed by atoms with E-state index in [0.717, 1.165) is 12.1 Å². The Labute approximate surface area is 70.5 Å². The van der Waals surface area contributed by atoms with E-state index in [1.54, 1.807) is 0 Å². The van der Waals surface area contributed by atoms with Crippen molar-refractivity contribution in [3.05, 3.63) is 29.6 Å². The second kappa shape index (κ2) is 3.55. The SMILES string of the molecule is O=Cc1ccc(F)c(S(=O)[O-])c1. The highest BCUT2D eigenvalue weighted by Gasteiger charge is 2.02. The van der Waals surface area contributed by atoms with Crippen molar-refractivity contribution in [2.45, 2.75) is 4.90 Å². The number of aldehydes is 1. The number of carbonyl (C=O) groups is 1. The van der Waals surface area contributed by atoms with E-state index in [1.165, 1.54) is 6.07 Å². The van der Waals surface area contributed by atoms with Crippen molar-refractivity contribution >= 4 is 17.4 Å². The van der Waals surface area contributed by atoms with Crippen molar-refractivity contribution < 1.29 is 17.9 Å².